The van der Waals surface area contributed by atoms with Gasteiger partial charge in [0.2, 0.25) is 0 Å². The van der Waals surface area contributed by atoms with Crippen molar-refractivity contribution in [3.05, 3.63) is 35.4 Å². The molecule has 0 amide bonds. The number of rotatable bonds is 23. The van der Waals surface area contributed by atoms with Crippen LogP contribution < -0.4 is 4.74 Å². The van der Waals surface area contributed by atoms with Gasteiger partial charge < -0.3 is 4.74 Å². The number of nitriles is 2. The lowest BCUT2D eigenvalue weighted by Crippen LogP contribution is -1.97. The Kier molecular flexibility index (Phi) is 20.6. The van der Waals surface area contributed by atoms with Gasteiger partial charge in [0.25, 0.3) is 0 Å². The van der Waals surface area contributed by atoms with Gasteiger partial charge in [-0.2, -0.15) is 10.5 Å². The van der Waals surface area contributed by atoms with E-state index in [1.165, 1.54) is 122 Å². The van der Waals surface area contributed by atoms with Crippen molar-refractivity contribution in [2.45, 2.75) is 135 Å². The Labute approximate surface area is 216 Å². The SMILES string of the molecule is CCCCCCCCCCCCCCCCCCCCCCOc1ccc(C=C(C#N)C#N)cc1. The minimum Gasteiger partial charge on any atom is -0.494 e. The number of nitrogens with zero attached hydrogens (tertiary/aromatic N) is 2. The van der Waals surface area contributed by atoms with Crippen molar-refractivity contribution in [3.8, 4) is 17.9 Å². The van der Waals surface area contributed by atoms with Crippen LogP contribution in [0.4, 0.5) is 0 Å². The quantitative estimate of drug-likeness (QED) is 0.116. The second-order valence-electron chi connectivity index (χ2n) is 9.92. The predicted molar refractivity (Wildman–Crippen MR) is 149 cm³/mol. The number of unbranched alkanes of at least 4 members (excludes halogenated alkanes) is 19. The molecule has 0 aliphatic carbocycles. The molecule has 0 heterocycles. The molecule has 0 atom stereocenters. The summed E-state index contributed by atoms with van der Waals surface area (Å²) in [6, 6.07) is 11.3. The van der Waals surface area contributed by atoms with E-state index < -0.39 is 0 Å². The molecule has 1 aromatic carbocycles. The van der Waals surface area contributed by atoms with Crippen molar-refractivity contribution >= 4 is 6.08 Å². The maximum absolute atomic E-state index is 8.81. The molecule has 0 saturated heterocycles. The van der Waals surface area contributed by atoms with E-state index in [0.717, 1.165) is 24.3 Å². The Morgan fingerprint density at radius 3 is 1.34 bits per heavy atom. The van der Waals surface area contributed by atoms with Crippen LogP contribution in [-0.4, -0.2) is 6.61 Å². The second kappa shape index (κ2) is 23.5. The van der Waals surface area contributed by atoms with Gasteiger partial charge in [0.15, 0.2) is 0 Å². The molecule has 1 aromatic rings. The highest BCUT2D eigenvalue weighted by molar-refractivity contribution is 5.62. The van der Waals surface area contributed by atoms with Crippen molar-refractivity contribution in [1.29, 1.82) is 10.5 Å². The molecular weight excluding hydrogens is 428 g/mol. The van der Waals surface area contributed by atoms with Gasteiger partial charge in [-0.25, -0.2) is 0 Å². The average Bonchev–Trinajstić information content (AvgIpc) is 2.89. The summed E-state index contributed by atoms with van der Waals surface area (Å²) >= 11 is 0. The van der Waals surface area contributed by atoms with Crippen LogP contribution in [0.2, 0.25) is 0 Å². The molecule has 0 fully saturated rings. The fraction of sp³-hybridized carbons (Fsp3) is 0.688. The first-order valence-electron chi connectivity index (χ1n) is 14.5. The highest BCUT2D eigenvalue weighted by atomic mass is 16.5. The summed E-state index contributed by atoms with van der Waals surface area (Å²) in [6.07, 6.45) is 29.4. The van der Waals surface area contributed by atoms with Crippen molar-refractivity contribution < 1.29 is 4.74 Å². The molecular formula is C32H50N2O. The maximum Gasteiger partial charge on any atom is 0.130 e. The second-order valence-corrected chi connectivity index (χ2v) is 9.92. The van der Waals surface area contributed by atoms with E-state index in [1.54, 1.807) is 6.08 Å². The van der Waals surface area contributed by atoms with Gasteiger partial charge in [-0.05, 0) is 30.2 Å². The molecule has 1 rings (SSSR count). The van der Waals surface area contributed by atoms with E-state index >= 15 is 0 Å². The third kappa shape index (κ3) is 18.7. The van der Waals surface area contributed by atoms with E-state index in [0.29, 0.717) is 0 Å². The van der Waals surface area contributed by atoms with Crippen molar-refractivity contribution in [2.24, 2.45) is 0 Å². The van der Waals surface area contributed by atoms with E-state index in [4.69, 9.17) is 15.3 Å². The van der Waals surface area contributed by atoms with Gasteiger partial charge in [-0.1, -0.05) is 141 Å². The lowest BCUT2D eigenvalue weighted by molar-refractivity contribution is 0.304. The average molecular weight is 479 g/mol. The first-order chi connectivity index (χ1) is 17.3. The van der Waals surface area contributed by atoms with Crippen LogP contribution in [0.25, 0.3) is 6.08 Å². The fourth-order valence-corrected chi connectivity index (χ4v) is 4.46. The van der Waals surface area contributed by atoms with Crippen LogP contribution in [0.15, 0.2) is 29.8 Å². The standard InChI is InChI=1S/C32H50N2O/c1-2-3-4-5-6-7-8-9-10-11-12-13-14-15-16-17-18-19-20-21-26-35-32-24-22-30(23-25-32)27-31(28-33)29-34/h22-25,27H,2-21,26H2,1H3. The number of ether oxygens (including phenoxy) is 1. The smallest absolute Gasteiger partial charge is 0.130 e. The number of benzene rings is 1. The number of hydrogen-bond acceptors (Lipinski definition) is 3. The van der Waals surface area contributed by atoms with Gasteiger partial charge >= 0.3 is 0 Å². The summed E-state index contributed by atoms with van der Waals surface area (Å²) < 4.78 is 5.80. The molecule has 35 heavy (non-hydrogen) atoms. The number of allylic oxidation sites excluding steroid dienone is 1. The molecule has 0 spiro atoms. The molecule has 0 unspecified atom stereocenters. The van der Waals surface area contributed by atoms with Gasteiger partial charge in [-0.15, -0.1) is 0 Å². The van der Waals surface area contributed by atoms with Crippen LogP contribution in [0.3, 0.4) is 0 Å². The zero-order chi connectivity index (χ0) is 25.2. The Hall–Kier alpha value is -2.26. The summed E-state index contributed by atoms with van der Waals surface area (Å²) in [5.41, 5.74) is 0.956. The van der Waals surface area contributed by atoms with Crippen LogP contribution in [0.5, 0.6) is 5.75 Å². The molecule has 0 aliphatic rings. The van der Waals surface area contributed by atoms with Crippen molar-refractivity contribution in [1.82, 2.24) is 0 Å². The van der Waals surface area contributed by atoms with Gasteiger partial charge in [0.05, 0.1) is 6.61 Å². The zero-order valence-electron chi connectivity index (χ0n) is 22.5. The lowest BCUT2D eigenvalue weighted by Gasteiger charge is -2.07. The topological polar surface area (TPSA) is 56.8 Å². The summed E-state index contributed by atoms with van der Waals surface area (Å²) in [5, 5.41) is 17.6. The first-order valence-corrected chi connectivity index (χ1v) is 14.5. The minimum atomic E-state index is 0.114. The minimum absolute atomic E-state index is 0.114. The molecule has 0 N–H and O–H groups in total. The summed E-state index contributed by atoms with van der Waals surface area (Å²) in [6.45, 7) is 3.04. The zero-order valence-corrected chi connectivity index (χ0v) is 22.5. The molecule has 0 radical (unpaired) electrons. The monoisotopic (exact) mass is 478 g/mol. The normalized spacial score (nSPS) is 10.5. The molecule has 0 saturated carbocycles. The van der Waals surface area contributed by atoms with Gasteiger partial charge in [0.1, 0.15) is 23.5 Å². The molecule has 3 nitrogen and oxygen atoms in total. The Balaban J connectivity index is 1.82. The molecule has 0 bridgehead atoms. The summed E-state index contributed by atoms with van der Waals surface area (Å²) in [7, 11) is 0. The highest BCUT2D eigenvalue weighted by Gasteiger charge is 1.98. The predicted octanol–water partition coefficient (Wildman–Crippen LogP) is 10.3. The maximum atomic E-state index is 8.81. The van der Waals surface area contributed by atoms with Crippen LogP contribution in [0.1, 0.15) is 141 Å². The first kappa shape index (κ1) is 30.8. The Morgan fingerprint density at radius 1 is 0.600 bits per heavy atom. The van der Waals surface area contributed by atoms with Crippen molar-refractivity contribution in [3.63, 3.8) is 0 Å². The van der Waals surface area contributed by atoms with E-state index in [2.05, 4.69) is 6.92 Å². The van der Waals surface area contributed by atoms with E-state index in [-0.39, 0.29) is 5.57 Å². The largest absolute Gasteiger partial charge is 0.494 e. The lowest BCUT2D eigenvalue weighted by atomic mass is 10.0. The van der Waals surface area contributed by atoms with Gasteiger partial charge in [0, 0.05) is 0 Å². The van der Waals surface area contributed by atoms with Gasteiger partial charge in [-0.3, -0.25) is 0 Å². The van der Waals surface area contributed by atoms with Crippen LogP contribution in [-0.2, 0) is 0 Å². The Bertz CT molecular complexity index is 707. The number of hydrogen-bond donors (Lipinski definition) is 0. The van der Waals surface area contributed by atoms with Crippen molar-refractivity contribution in [2.75, 3.05) is 6.61 Å². The third-order valence-corrected chi connectivity index (χ3v) is 6.70. The van der Waals surface area contributed by atoms with E-state index in [1.807, 2.05) is 36.4 Å². The molecule has 194 valence electrons. The Morgan fingerprint density at radius 2 is 0.971 bits per heavy atom. The van der Waals surface area contributed by atoms with Crippen LogP contribution in [0, 0.1) is 22.7 Å². The third-order valence-electron chi connectivity index (χ3n) is 6.70. The summed E-state index contributed by atoms with van der Waals surface area (Å²) in [4.78, 5) is 0. The molecule has 0 aromatic heterocycles. The summed E-state index contributed by atoms with van der Waals surface area (Å²) in [5.74, 6) is 0.843. The molecule has 3 heteroatoms. The van der Waals surface area contributed by atoms with E-state index in [9.17, 15) is 0 Å². The van der Waals surface area contributed by atoms with Crippen LogP contribution >= 0.6 is 0 Å². The highest BCUT2D eigenvalue weighted by Crippen LogP contribution is 2.17. The molecule has 0 aliphatic heterocycles. The fourth-order valence-electron chi connectivity index (χ4n) is 4.46.